The Balaban J connectivity index is 0.00000144. The van der Waals surface area contributed by atoms with Gasteiger partial charge in [-0.2, -0.15) is 5.10 Å². The van der Waals surface area contributed by atoms with Gasteiger partial charge in [-0.1, -0.05) is 11.6 Å². The Morgan fingerprint density at radius 1 is 1.53 bits per heavy atom. The van der Waals surface area contributed by atoms with E-state index < -0.39 is 5.97 Å². The van der Waals surface area contributed by atoms with Crippen molar-refractivity contribution in [2.45, 2.75) is 0 Å². The third-order valence-corrected chi connectivity index (χ3v) is 2.52. The first-order valence-electron chi connectivity index (χ1n) is 4.19. The molecule has 1 N–H and O–H groups in total. The van der Waals surface area contributed by atoms with Gasteiger partial charge in [-0.15, -0.1) is 12.4 Å². The van der Waals surface area contributed by atoms with E-state index >= 15 is 0 Å². The summed E-state index contributed by atoms with van der Waals surface area (Å²) in [5.74, 6) is -0.813. The lowest BCUT2D eigenvalue weighted by atomic mass is 10.4. The van der Waals surface area contributed by atoms with E-state index in [1.807, 2.05) is 0 Å². The molecule has 0 unspecified atom stereocenters. The van der Waals surface area contributed by atoms with Crippen LogP contribution in [0.2, 0.25) is 5.02 Å². The first-order valence-corrected chi connectivity index (χ1v) is 5.36. The Kier molecular flexibility index (Phi) is 4.50. The van der Waals surface area contributed by atoms with Crippen molar-refractivity contribution in [2.75, 3.05) is 0 Å². The third-order valence-electron chi connectivity index (χ3n) is 1.84. The highest BCUT2D eigenvalue weighted by atomic mass is 79.9. The predicted molar refractivity (Wildman–Crippen MR) is 68.3 cm³/mol. The van der Waals surface area contributed by atoms with E-state index in [0.29, 0.717) is 9.63 Å². The van der Waals surface area contributed by atoms with Crippen molar-refractivity contribution in [1.29, 1.82) is 0 Å². The minimum Gasteiger partial charge on any atom is -0.477 e. The maximum Gasteiger partial charge on any atom is 0.354 e. The van der Waals surface area contributed by atoms with Crippen molar-refractivity contribution in [3.63, 3.8) is 0 Å². The third kappa shape index (κ3) is 2.77. The normalized spacial score (nSPS) is 9.76. The Morgan fingerprint density at radius 2 is 2.24 bits per heavy atom. The number of pyridine rings is 1. The van der Waals surface area contributed by atoms with Gasteiger partial charge in [0.1, 0.15) is 4.60 Å². The Bertz CT molecular complexity index is 559. The van der Waals surface area contributed by atoms with Gasteiger partial charge in [0.15, 0.2) is 11.5 Å². The van der Waals surface area contributed by atoms with E-state index in [-0.39, 0.29) is 23.9 Å². The second-order valence-corrected chi connectivity index (χ2v) is 4.10. The van der Waals surface area contributed by atoms with Gasteiger partial charge in [0.05, 0.1) is 5.02 Å². The number of hydrogen-bond acceptors (Lipinski definition) is 3. The molecule has 8 heteroatoms. The van der Waals surface area contributed by atoms with Crippen molar-refractivity contribution < 1.29 is 9.90 Å². The molecule has 0 bridgehead atoms. The molecule has 2 aromatic heterocycles. The molecule has 0 spiro atoms. The van der Waals surface area contributed by atoms with Gasteiger partial charge in [0.2, 0.25) is 0 Å². The van der Waals surface area contributed by atoms with Gasteiger partial charge in [0, 0.05) is 12.3 Å². The van der Waals surface area contributed by atoms with E-state index in [2.05, 4.69) is 26.0 Å². The van der Waals surface area contributed by atoms with E-state index in [0.717, 1.165) is 0 Å². The smallest absolute Gasteiger partial charge is 0.354 e. The first-order chi connectivity index (χ1) is 7.59. The molecular weight excluding hydrogens is 333 g/mol. The van der Waals surface area contributed by atoms with Gasteiger partial charge < -0.3 is 5.11 Å². The van der Waals surface area contributed by atoms with Crippen molar-refractivity contribution in [2.24, 2.45) is 0 Å². The van der Waals surface area contributed by atoms with Crippen LogP contribution in [0.1, 0.15) is 10.5 Å². The fourth-order valence-electron chi connectivity index (χ4n) is 1.20. The number of nitrogens with zero attached hydrogens (tertiary/aromatic N) is 3. The monoisotopic (exact) mass is 337 g/mol. The number of carboxylic acid groups (broad SMARTS) is 1. The number of halogens is 3. The molecule has 5 nitrogen and oxygen atoms in total. The van der Waals surface area contributed by atoms with Crippen LogP contribution in [-0.2, 0) is 0 Å². The minimum atomic E-state index is -1.10. The highest BCUT2D eigenvalue weighted by Crippen LogP contribution is 2.20. The second kappa shape index (κ2) is 5.48. The molecule has 0 radical (unpaired) electrons. The van der Waals surface area contributed by atoms with E-state index in [9.17, 15) is 4.79 Å². The van der Waals surface area contributed by atoms with Crippen molar-refractivity contribution in [3.8, 4) is 5.82 Å². The lowest BCUT2D eigenvalue weighted by Crippen LogP contribution is -2.09. The molecule has 2 rings (SSSR count). The largest absolute Gasteiger partial charge is 0.477 e. The van der Waals surface area contributed by atoms with E-state index in [1.54, 1.807) is 12.1 Å². The highest BCUT2D eigenvalue weighted by Gasteiger charge is 2.17. The summed E-state index contributed by atoms with van der Waals surface area (Å²) < 4.78 is 1.58. The predicted octanol–water partition coefficient (Wildman–Crippen LogP) is 2.80. The molecule has 17 heavy (non-hydrogen) atoms. The van der Waals surface area contributed by atoms with Crippen LogP contribution in [0.25, 0.3) is 5.82 Å². The Morgan fingerprint density at radius 3 is 2.82 bits per heavy atom. The number of hydrogen-bond donors (Lipinski definition) is 1. The summed E-state index contributed by atoms with van der Waals surface area (Å²) in [6.07, 6.45) is 1.52. The van der Waals surface area contributed by atoms with Gasteiger partial charge in [-0.05, 0) is 28.1 Å². The number of carbonyl (C=O) groups is 1. The maximum atomic E-state index is 11.0. The van der Waals surface area contributed by atoms with Crippen molar-refractivity contribution >= 4 is 45.9 Å². The maximum absolute atomic E-state index is 11.0. The number of aromatic nitrogens is 3. The topological polar surface area (TPSA) is 68.0 Å². The summed E-state index contributed by atoms with van der Waals surface area (Å²) >= 11 is 9.02. The Hall–Kier alpha value is -1.11. The molecular formula is C9H6BrCl2N3O2. The van der Waals surface area contributed by atoms with Crippen LogP contribution >= 0.6 is 39.9 Å². The van der Waals surface area contributed by atoms with Crippen LogP contribution < -0.4 is 0 Å². The lowest BCUT2D eigenvalue weighted by molar-refractivity contribution is 0.0687. The molecule has 0 atom stereocenters. The lowest BCUT2D eigenvalue weighted by Gasteiger charge is -2.04. The number of carboxylic acids is 1. The van der Waals surface area contributed by atoms with Crippen LogP contribution in [0.5, 0.6) is 0 Å². The fourth-order valence-corrected chi connectivity index (χ4v) is 1.78. The van der Waals surface area contributed by atoms with E-state index in [1.165, 1.54) is 16.9 Å². The molecule has 0 aliphatic rings. The molecule has 0 aliphatic carbocycles. The summed E-state index contributed by atoms with van der Waals surface area (Å²) in [5.41, 5.74) is -0.00697. The molecule has 0 saturated heterocycles. The summed E-state index contributed by atoms with van der Waals surface area (Å²) in [5, 5.41) is 13.3. The molecule has 0 aliphatic heterocycles. The number of aromatic carboxylic acids is 1. The molecule has 2 heterocycles. The molecule has 0 saturated carbocycles. The van der Waals surface area contributed by atoms with Gasteiger partial charge in [-0.3, -0.25) is 0 Å². The van der Waals surface area contributed by atoms with Crippen LogP contribution in [0.4, 0.5) is 0 Å². The average Bonchev–Trinajstić information content (AvgIpc) is 2.61. The first kappa shape index (κ1) is 14.0. The zero-order valence-electron chi connectivity index (χ0n) is 8.17. The van der Waals surface area contributed by atoms with E-state index in [4.69, 9.17) is 16.7 Å². The summed E-state index contributed by atoms with van der Waals surface area (Å²) in [4.78, 5) is 15.0. The second-order valence-electron chi connectivity index (χ2n) is 2.88. The molecule has 0 aromatic carbocycles. The number of rotatable bonds is 2. The zero-order chi connectivity index (χ0) is 11.7. The SMILES string of the molecule is Cl.O=C(O)c1cc(Br)nn1-c1ncccc1Cl. The zero-order valence-corrected chi connectivity index (χ0v) is 11.3. The average molecular weight is 339 g/mol. The summed E-state index contributed by atoms with van der Waals surface area (Å²) in [6, 6.07) is 4.66. The summed E-state index contributed by atoms with van der Waals surface area (Å²) in [6.45, 7) is 0. The minimum absolute atomic E-state index is 0. The van der Waals surface area contributed by atoms with Crippen molar-refractivity contribution in [3.05, 3.63) is 39.7 Å². The van der Waals surface area contributed by atoms with Crippen LogP contribution in [-0.4, -0.2) is 25.8 Å². The van der Waals surface area contributed by atoms with Crippen LogP contribution in [0, 0.1) is 0 Å². The fraction of sp³-hybridized carbons (Fsp3) is 0. The Labute approximate surface area is 116 Å². The quantitative estimate of drug-likeness (QED) is 0.914. The van der Waals surface area contributed by atoms with Crippen LogP contribution in [0.15, 0.2) is 29.0 Å². The molecule has 90 valence electrons. The standard InChI is InChI=1S/C9H5BrClN3O2.ClH/c10-7-4-6(9(15)16)14(13-7)8-5(11)2-1-3-12-8;/h1-4H,(H,15,16);1H. The van der Waals surface area contributed by atoms with Crippen LogP contribution in [0.3, 0.4) is 0 Å². The molecule has 0 amide bonds. The van der Waals surface area contributed by atoms with Gasteiger partial charge in [0.25, 0.3) is 0 Å². The van der Waals surface area contributed by atoms with Gasteiger partial charge >= 0.3 is 5.97 Å². The summed E-state index contributed by atoms with van der Waals surface area (Å²) in [7, 11) is 0. The molecule has 0 fully saturated rings. The van der Waals surface area contributed by atoms with Crippen molar-refractivity contribution in [1.82, 2.24) is 14.8 Å². The molecule has 2 aromatic rings. The highest BCUT2D eigenvalue weighted by molar-refractivity contribution is 9.10. The van der Waals surface area contributed by atoms with Gasteiger partial charge in [-0.25, -0.2) is 14.5 Å².